The Balaban J connectivity index is 2.07. The second-order valence-electron chi connectivity index (χ2n) is 9.74. The molecule has 0 unspecified atom stereocenters. The minimum Gasteiger partial charge on any atom is -0.508 e. The summed E-state index contributed by atoms with van der Waals surface area (Å²) in [5.74, 6) is -3.52. The summed E-state index contributed by atoms with van der Waals surface area (Å²) in [4.78, 5) is 67.3. The van der Waals surface area contributed by atoms with Gasteiger partial charge in [-0.3, -0.25) is 19.2 Å². The lowest BCUT2D eigenvalue weighted by Crippen LogP contribution is -2.55. The Hall–Kier alpha value is -3.69. The molecule has 1 fully saturated rings. The smallest absolute Gasteiger partial charge is 0.355 e. The number of carbonyl (C=O) groups is 5. The van der Waals surface area contributed by atoms with Crippen LogP contribution in [0.1, 0.15) is 77.7 Å². The van der Waals surface area contributed by atoms with Crippen LogP contribution < -0.4 is 10.6 Å². The van der Waals surface area contributed by atoms with Crippen molar-refractivity contribution in [2.75, 3.05) is 0 Å². The minimum atomic E-state index is -1.16. The van der Waals surface area contributed by atoms with Gasteiger partial charge >= 0.3 is 5.97 Å². The maximum atomic E-state index is 13.3. The molecule has 1 saturated heterocycles. The van der Waals surface area contributed by atoms with Gasteiger partial charge in [-0.1, -0.05) is 64.3 Å². The van der Waals surface area contributed by atoms with Crippen molar-refractivity contribution in [2.45, 2.75) is 90.6 Å². The molecule has 3 N–H and O–H groups in total. The van der Waals surface area contributed by atoms with Crippen LogP contribution in [-0.4, -0.2) is 51.9 Å². The molecule has 0 aliphatic carbocycles. The highest BCUT2D eigenvalue weighted by atomic mass is 16.7. The van der Waals surface area contributed by atoms with Crippen LogP contribution in [-0.2, 0) is 35.2 Å². The van der Waals surface area contributed by atoms with Crippen LogP contribution in [0.15, 0.2) is 36.4 Å². The molecular formula is C28H39N3O7. The van der Waals surface area contributed by atoms with E-state index in [0.717, 1.165) is 25.7 Å². The highest BCUT2D eigenvalue weighted by Gasteiger charge is 2.37. The third kappa shape index (κ3) is 9.99. The van der Waals surface area contributed by atoms with Crippen LogP contribution in [0.3, 0.4) is 0 Å². The molecule has 0 saturated carbocycles. The fourth-order valence-electron chi connectivity index (χ4n) is 3.88. The number of phenols is 1. The molecule has 38 heavy (non-hydrogen) atoms. The number of hydroxylamine groups is 2. The van der Waals surface area contributed by atoms with Crippen LogP contribution >= 0.6 is 0 Å². The summed E-state index contributed by atoms with van der Waals surface area (Å²) in [7, 11) is 0. The fraction of sp³-hybridized carbons (Fsp3) is 0.536. The van der Waals surface area contributed by atoms with Gasteiger partial charge in [-0.2, -0.15) is 0 Å². The van der Waals surface area contributed by atoms with Crippen LogP contribution in [0.25, 0.3) is 0 Å². The van der Waals surface area contributed by atoms with Gasteiger partial charge < -0.3 is 20.6 Å². The van der Waals surface area contributed by atoms with Gasteiger partial charge in [0.25, 0.3) is 11.8 Å². The lowest BCUT2D eigenvalue weighted by Gasteiger charge is -2.25. The van der Waals surface area contributed by atoms with Crippen molar-refractivity contribution in [3.05, 3.63) is 42.0 Å². The van der Waals surface area contributed by atoms with E-state index in [1.807, 2.05) is 6.08 Å². The Labute approximate surface area is 223 Å². The zero-order chi connectivity index (χ0) is 28.1. The lowest BCUT2D eigenvalue weighted by molar-refractivity contribution is -0.199. The molecule has 2 rings (SSSR count). The van der Waals surface area contributed by atoms with Crippen LogP contribution in [0, 0.1) is 5.92 Å². The summed E-state index contributed by atoms with van der Waals surface area (Å²) in [5, 5.41) is 15.3. The average Bonchev–Trinajstić information content (AvgIpc) is 3.19. The van der Waals surface area contributed by atoms with Crippen molar-refractivity contribution in [3.63, 3.8) is 0 Å². The SMILES string of the molecule is CCCCCC/C=C\CC(=O)N[C@@H](Cc1ccc(O)cc1)C(=O)N[C@H](C(=O)ON1C(=O)CCC1=O)C(C)C. The molecule has 0 aromatic heterocycles. The second kappa shape index (κ2) is 15.5. The molecule has 1 aromatic rings. The van der Waals surface area contributed by atoms with Crippen molar-refractivity contribution >= 4 is 29.6 Å². The maximum Gasteiger partial charge on any atom is 0.355 e. The molecular weight excluding hydrogens is 490 g/mol. The number of aromatic hydroxyl groups is 1. The molecule has 208 valence electrons. The van der Waals surface area contributed by atoms with Crippen molar-refractivity contribution in [1.82, 2.24) is 15.7 Å². The highest BCUT2D eigenvalue weighted by molar-refractivity contribution is 6.02. The fourth-order valence-corrected chi connectivity index (χ4v) is 3.88. The van der Waals surface area contributed by atoms with Crippen LogP contribution in [0.2, 0.25) is 0 Å². The standard InChI is InChI=1S/C28H39N3O7/c1-4-5-6-7-8-9-10-11-23(33)29-22(18-20-12-14-21(32)15-13-20)27(36)30-26(19(2)3)28(37)38-31-24(34)16-17-25(31)35/h9-10,12-15,19,22,26,32H,4-8,11,16-18H2,1-3H3,(H,29,33)(H,30,36)/b10-9-/t22-,26-/m0/s1. The second-order valence-corrected chi connectivity index (χ2v) is 9.74. The normalized spacial score (nSPS) is 15.1. The molecule has 0 bridgehead atoms. The Morgan fingerprint density at radius 2 is 1.66 bits per heavy atom. The zero-order valence-electron chi connectivity index (χ0n) is 22.4. The van der Waals surface area contributed by atoms with Gasteiger partial charge in [-0.25, -0.2) is 4.79 Å². The molecule has 1 aliphatic rings. The first-order valence-corrected chi connectivity index (χ1v) is 13.2. The zero-order valence-corrected chi connectivity index (χ0v) is 22.4. The molecule has 1 aromatic carbocycles. The molecule has 10 heteroatoms. The summed E-state index contributed by atoms with van der Waals surface area (Å²) in [6, 6.07) is 4.05. The number of unbranched alkanes of at least 4 members (excludes halogenated alkanes) is 4. The maximum absolute atomic E-state index is 13.3. The topological polar surface area (TPSA) is 142 Å². The molecule has 1 aliphatic heterocycles. The first-order chi connectivity index (χ1) is 18.1. The van der Waals surface area contributed by atoms with Gasteiger partial charge in [0.05, 0.1) is 0 Å². The van der Waals surface area contributed by atoms with Gasteiger partial charge in [0.1, 0.15) is 17.8 Å². The van der Waals surface area contributed by atoms with Crippen molar-refractivity contribution < 1.29 is 33.9 Å². The number of hydrogen-bond acceptors (Lipinski definition) is 7. The summed E-state index contributed by atoms with van der Waals surface area (Å²) in [6.07, 6.45) is 9.26. The summed E-state index contributed by atoms with van der Waals surface area (Å²) < 4.78 is 0. The van der Waals surface area contributed by atoms with E-state index in [4.69, 9.17) is 4.84 Å². The summed E-state index contributed by atoms with van der Waals surface area (Å²) in [6.45, 7) is 5.50. The number of benzene rings is 1. The highest BCUT2D eigenvalue weighted by Crippen LogP contribution is 2.16. The number of hydrogen-bond donors (Lipinski definition) is 3. The number of nitrogens with one attached hydrogen (secondary N) is 2. The van der Waals surface area contributed by atoms with E-state index in [9.17, 15) is 29.1 Å². The Morgan fingerprint density at radius 3 is 2.26 bits per heavy atom. The number of rotatable bonds is 15. The Kier molecular flexibility index (Phi) is 12.5. The predicted molar refractivity (Wildman–Crippen MR) is 140 cm³/mol. The average molecular weight is 530 g/mol. The van der Waals surface area contributed by atoms with E-state index in [0.29, 0.717) is 10.6 Å². The first kappa shape index (κ1) is 30.5. The Bertz CT molecular complexity index is 988. The number of allylic oxidation sites excluding steroid dienone is 1. The first-order valence-electron chi connectivity index (χ1n) is 13.2. The third-order valence-corrected chi connectivity index (χ3v) is 6.13. The van der Waals surface area contributed by atoms with Crippen LogP contribution in [0.5, 0.6) is 5.75 Å². The third-order valence-electron chi connectivity index (χ3n) is 6.13. The lowest BCUT2D eigenvalue weighted by atomic mass is 10.0. The van der Waals surface area contributed by atoms with Gasteiger partial charge in [0.2, 0.25) is 11.8 Å². The molecule has 1 heterocycles. The van der Waals surface area contributed by atoms with Crippen molar-refractivity contribution in [2.24, 2.45) is 5.92 Å². The quantitative estimate of drug-likeness (QED) is 0.180. The number of amides is 4. The number of imide groups is 1. The van der Waals surface area contributed by atoms with E-state index in [1.54, 1.807) is 32.1 Å². The molecule has 4 amide bonds. The summed E-state index contributed by atoms with van der Waals surface area (Å²) >= 11 is 0. The number of nitrogens with zero attached hydrogens (tertiary/aromatic N) is 1. The van der Waals surface area contributed by atoms with E-state index < -0.39 is 41.7 Å². The van der Waals surface area contributed by atoms with Gasteiger partial charge in [0, 0.05) is 25.7 Å². The van der Waals surface area contributed by atoms with Gasteiger partial charge in [-0.15, -0.1) is 5.06 Å². The largest absolute Gasteiger partial charge is 0.508 e. The van der Waals surface area contributed by atoms with E-state index in [2.05, 4.69) is 17.6 Å². The monoisotopic (exact) mass is 529 g/mol. The van der Waals surface area contributed by atoms with Gasteiger partial charge in [0.15, 0.2) is 0 Å². The summed E-state index contributed by atoms with van der Waals surface area (Å²) in [5.41, 5.74) is 0.687. The Morgan fingerprint density at radius 1 is 1.00 bits per heavy atom. The molecule has 2 atom stereocenters. The molecule has 0 radical (unpaired) electrons. The molecule has 0 spiro atoms. The number of carbonyl (C=O) groups excluding carboxylic acids is 5. The number of phenolic OH excluding ortho intramolecular Hbond substituents is 1. The minimum absolute atomic E-state index is 0.0429. The van der Waals surface area contributed by atoms with E-state index >= 15 is 0 Å². The van der Waals surface area contributed by atoms with E-state index in [-0.39, 0.29) is 37.3 Å². The van der Waals surface area contributed by atoms with E-state index in [1.165, 1.54) is 18.6 Å². The predicted octanol–water partition coefficient (Wildman–Crippen LogP) is 3.08. The van der Waals surface area contributed by atoms with Gasteiger partial charge in [-0.05, 0) is 36.5 Å². The van der Waals surface area contributed by atoms with Crippen molar-refractivity contribution in [1.29, 1.82) is 0 Å². The van der Waals surface area contributed by atoms with Crippen molar-refractivity contribution in [3.8, 4) is 5.75 Å². The molecule has 10 nitrogen and oxygen atoms in total. The van der Waals surface area contributed by atoms with Crippen LogP contribution in [0.4, 0.5) is 0 Å².